The van der Waals surface area contributed by atoms with Crippen LogP contribution in [0, 0.1) is 0 Å². The molecular formula is C40H34O15. The third-order valence-electron chi connectivity index (χ3n) is 8.96. The van der Waals surface area contributed by atoms with Gasteiger partial charge < -0.3 is 63.2 Å². The SMILES string of the molecule is COc1cc(-c2oc3cc(=O)cc4oc(-c5ccc(O)cc5)cc(c2O[C@@H]2O[C@H](COC(=O)C=Cc5ccc(O)cc5)[C@@H](O)[C@H](O)[C@H]2O)c43)cc(OC)c1O. The molecule has 3 heterocycles. The molecule has 0 radical (unpaired) electrons. The van der Waals surface area contributed by atoms with Crippen molar-refractivity contribution in [3.8, 4) is 57.1 Å². The maximum absolute atomic E-state index is 12.9. The van der Waals surface area contributed by atoms with Crippen LogP contribution in [0.1, 0.15) is 5.56 Å². The number of aliphatic hydroxyl groups is 3. The lowest BCUT2D eigenvalue weighted by molar-refractivity contribution is -0.278. The van der Waals surface area contributed by atoms with Crippen molar-refractivity contribution in [1.29, 1.82) is 0 Å². The lowest BCUT2D eigenvalue weighted by atomic mass is 9.99. The monoisotopic (exact) mass is 754 g/mol. The Morgan fingerprint density at radius 1 is 0.764 bits per heavy atom. The van der Waals surface area contributed by atoms with Crippen LogP contribution in [0.5, 0.6) is 34.5 Å². The van der Waals surface area contributed by atoms with Gasteiger partial charge in [0.1, 0.15) is 59.4 Å². The van der Waals surface area contributed by atoms with Crippen LogP contribution in [0.3, 0.4) is 0 Å². The smallest absolute Gasteiger partial charge is 0.330 e. The summed E-state index contributed by atoms with van der Waals surface area (Å²) in [6, 6.07) is 19.0. The summed E-state index contributed by atoms with van der Waals surface area (Å²) in [6.07, 6.45) is -5.98. The predicted molar refractivity (Wildman–Crippen MR) is 195 cm³/mol. The van der Waals surface area contributed by atoms with E-state index in [1.165, 1.54) is 68.8 Å². The highest BCUT2D eigenvalue weighted by Crippen LogP contribution is 2.48. The topological polar surface area (TPSA) is 228 Å². The molecule has 15 nitrogen and oxygen atoms in total. The number of methoxy groups -OCH3 is 2. The van der Waals surface area contributed by atoms with Crippen LogP contribution in [0.2, 0.25) is 0 Å². The molecule has 0 bridgehead atoms. The van der Waals surface area contributed by atoms with Gasteiger partial charge in [0.15, 0.2) is 28.4 Å². The Bertz CT molecular complexity index is 2420. The van der Waals surface area contributed by atoms with Gasteiger partial charge >= 0.3 is 5.97 Å². The second-order valence-corrected chi connectivity index (χ2v) is 12.5. The summed E-state index contributed by atoms with van der Waals surface area (Å²) in [5, 5.41) is 63.6. The summed E-state index contributed by atoms with van der Waals surface area (Å²) in [4.78, 5) is 25.5. The number of carbonyl (C=O) groups is 1. The van der Waals surface area contributed by atoms with Gasteiger partial charge in [-0.1, -0.05) is 12.1 Å². The summed E-state index contributed by atoms with van der Waals surface area (Å²) in [7, 11) is 2.65. The van der Waals surface area contributed by atoms with Crippen molar-refractivity contribution in [1.82, 2.24) is 0 Å². The molecule has 6 aromatic rings. The zero-order valence-electron chi connectivity index (χ0n) is 29.1. The first-order valence-corrected chi connectivity index (χ1v) is 16.7. The van der Waals surface area contributed by atoms with E-state index >= 15 is 0 Å². The van der Waals surface area contributed by atoms with E-state index in [4.69, 9.17) is 32.5 Å². The Morgan fingerprint density at radius 3 is 2.02 bits per heavy atom. The van der Waals surface area contributed by atoms with E-state index in [0.717, 1.165) is 6.08 Å². The highest BCUT2D eigenvalue weighted by molar-refractivity contribution is 6.10. The van der Waals surface area contributed by atoms with E-state index in [2.05, 4.69) is 0 Å². The van der Waals surface area contributed by atoms with Crippen molar-refractivity contribution in [2.24, 2.45) is 0 Å². The van der Waals surface area contributed by atoms with Crippen molar-refractivity contribution in [3.63, 3.8) is 0 Å². The van der Waals surface area contributed by atoms with Crippen LogP contribution in [-0.2, 0) is 14.3 Å². The lowest BCUT2D eigenvalue weighted by Gasteiger charge is -2.40. The number of hydrogen-bond donors (Lipinski definition) is 6. The van der Waals surface area contributed by atoms with Crippen LogP contribution in [0.15, 0.2) is 98.6 Å². The van der Waals surface area contributed by atoms with Crippen molar-refractivity contribution in [2.75, 3.05) is 20.8 Å². The maximum atomic E-state index is 12.9. The molecule has 1 aliphatic heterocycles. The number of phenolic OH excluding ortho intramolecular Hbond substituents is 3. The molecule has 1 aliphatic rings. The molecule has 2 aromatic heterocycles. The number of ether oxygens (including phenoxy) is 5. The fourth-order valence-corrected chi connectivity index (χ4v) is 6.13. The number of benzene rings is 4. The Kier molecular flexibility index (Phi) is 10.1. The minimum Gasteiger partial charge on any atom is -0.508 e. The van der Waals surface area contributed by atoms with Gasteiger partial charge in [0.2, 0.25) is 12.0 Å². The molecule has 55 heavy (non-hydrogen) atoms. The molecule has 7 rings (SSSR count). The quantitative estimate of drug-likeness (QED) is 0.0839. The molecule has 0 saturated carbocycles. The lowest BCUT2D eigenvalue weighted by Crippen LogP contribution is -2.60. The first-order chi connectivity index (χ1) is 26.4. The fourth-order valence-electron chi connectivity index (χ4n) is 6.13. The number of carbonyl (C=O) groups excluding carboxylic acids is 1. The third kappa shape index (κ3) is 7.36. The standard InChI is InChI=1S/C40H34O15/c1-49-29-13-21(14-30(50-2)34(29)45)38-39(25-17-26(20-6-10-23(42)11-7-20)52-27-15-24(43)16-28(53-38)33(25)27)55-40-37(48)36(47)35(46)31(54-40)18-51-32(44)12-5-19-3-8-22(41)9-4-19/h3-17,31,35-37,40-42,45-48H,18H2,1-2H3/t31-,35-,36+,37-,40+/m1/s1. The average molecular weight is 755 g/mol. The molecule has 5 atom stereocenters. The molecule has 0 aliphatic carbocycles. The highest BCUT2D eigenvalue weighted by atomic mass is 16.7. The maximum Gasteiger partial charge on any atom is 0.330 e. The van der Waals surface area contributed by atoms with E-state index < -0.39 is 48.7 Å². The molecular weight excluding hydrogens is 720 g/mol. The molecule has 15 heteroatoms. The van der Waals surface area contributed by atoms with Crippen molar-refractivity contribution in [2.45, 2.75) is 30.7 Å². The Labute approximate surface area is 311 Å². The average Bonchev–Trinajstić information content (AvgIpc) is 3.18. The minimum absolute atomic E-state index is 0.00242. The van der Waals surface area contributed by atoms with Gasteiger partial charge in [-0.15, -0.1) is 0 Å². The number of phenols is 3. The first kappa shape index (κ1) is 36.8. The van der Waals surface area contributed by atoms with Gasteiger partial charge in [-0.3, -0.25) is 4.79 Å². The summed E-state index contributed by atoms with van der Waals surface area (Å²) >= 11 is 0. The number of esters is 1. The van der Waals surface area contributed by atoms with Gasteiger partial charge in [0, 0.05) is 34.7 Å². The Balaban J connectivity index is 1.32. The van der Waals surface area contributed by atoms with Gasteiger partial charge in [0.25, 0.3) is 0 Å². The van der Waals surface area contributed by atoms with Gasteiger partial charge in [-0.05, 0) is 66.2 Å². The van der Waals surface area contributed by atoms with Gasteiger partial charge in [-0.25, -0.2) is 4.79 Å². The molecule has 0 spiro atoms. The fraction of sp³-hybridized carbons (Fsp3) is 0.200. The predicted octanol–water partition coefficient (Wildman–Crippen LogP) is 4.45. The third-order valence-corrected chi connectivity index (χ3v) is 8.96. The zero-order chi connectivity index (χ0) is 39.0. The second kappa shape index (κ2) is 15.1. The Morgan fingerprint density at radius 2 is 1.38 bits per heavy atom. The van der Waals surface area contributed by atoms with E-state index in [0.29, 0.717) is 11.1 Å². The number of aromatic hydroxyl groups is 3. The van der Waals surface area contributed by atoms with Crippen LogP contribution in [0.25, 0.3) is 50.7 Å². The molecule has 0 amide bonds. The Hall–Kier alpha value is -6.52. The highest BCUT2D eigenvalue weighted by Gasteiger charge is 2.46. The van der Waals surface area contributed by atoms with E-state index in [1.807, 2.05) is 0 Å². The second-order valence-electron chi connectivity index (χ2n) is 12.5. The molecule has 1 saturated heterocycles. The minimum atomic E-state index is -1.86. The molecule has 1 fully saturated rings. The van der Waals surface area contributed by atoms with Crippen LogP contribution < -0.4 is 19.6 Å². The largest absolute Gasteiger partial charge is 0.508 e. The summed E-state index contributed by atoms with van der Waals surface area (Å²) in [5.41, 5.74) is 1.02. The first-order valence-electron chi connectivity index (χ1n) is 16.7. The number of rotatable bonds is 10. The van der Waals surface area contributed by atoms with E-state index in [9.17, 15) is 40.2 Å². The van der Waals surface area contributed by atoms with E-state index in [1.54, 1.807) is 30.3 Å². The molecule has 284 valence electrons. The molecule has 0 unspecified atom stereocenters. The molecule has 6 N–H and O–H groups in total. The van der Waals surface area contributed by atoms with Crippen molar-refractivity contribution in [3.05, 3.63) is 101 Å². The number of aliphatic hydroxyl groups excluding tert-OH is 3. The van der Waals surface area contributed by atoms with Crippen LogP contribution in [-0.4, -0.2) is 88.1 Å². The zero-order valence-corrected chi connectivity index (χ0v) is 29.1. The number of hydrogen-bond acceptors (Lipinski definition) is 15. The normalized spacial score (nSPS) is 19.8. The van der Waals surface area contributed by atoms with Crippen molar-refractivity contribution < 1.29 is 68.0 Å². The van der Waals surface area contributed by atoms with Crippen molar-refractivity contribution >= 4 is 34.0 Å². The summed E-state index contributed by atoms with van der Waals surface area (Å²) in [5.74, 6) is -1.05. The van der Waals surface area contributed by atoms with E-state index in [-0.39, 0.29) is 73.5 Å². The van der Waals surface area contributed by atoms with Gasteiger partial charge in [0.05, 0.1) is 19.6 Å². The van der Waals surface area contributed by atoms with Crippen LogP contribution in [0.4, 0.5) is 0 Å². The van der Waals surface area contributed by atoms with Gasteiger partial charge in [-0.2, -0.15) is 0 Å². The summed E-state index contributed by atoms with van der Waals surface area (Å²) < 4.78 is 40.8. The van der Waals surface area contributed by atoms with Crippen LogP contribution >= 0.6 is 0 Å². The summed E-state index contributed by atoms with van der Waals surface area (Å²) in [6.45, 7) is -0.563. The molecule has 4 aromatic carbocycles.